The molecule has 0 spiro atoms. The maximum Gasteiger partial charge on any atom is 0.0175 e. The first kappa shape index (κ1) is 11.4. The van der Waals surface area contributed by atoms with E-state index >= 15 is 0 Å². The zero-order valence-electron chi connectivity index (χ0n) is 10.8. The van der Waals surface area contributed by atoms with Crippen molar-refractivity contribution in [1.29, 1.82) is 0 Å². The lowest BCUT2D eigenvalue weighted by molar-refractivity contribution is 0.506. The lowest BCUT2D eigenvalue weighted by Crippen LogP contribution is -2.13. The van der Waals surface area contributed by atoms with Crippen molar-refractivity contribution in [2.45, 2.75) is 27.7 Å². The van der Waals surface area contributed by atoms with E-state index in [9.17, 15) is 0 Å². The fourth-order valence-corrected chi connectivity index (χ4v) is 2.76. The van der Waals surface area contributed by atoms with E-state index in [1.807, 2.05) is 0 Å². The summed E-state index contributed by atoms with van der Waals surface area (Å²) in [6, 6.07) is 0. The standard InChI is InChI=1S/C16H22/c1-11(2)14-9-10-15(12(3)4)16(14)13-7-5-6-8-13/h5-14H,1-4H3. The third kappa shape index (κ3) is 1.93. The molecular weight excluding hydrogens is 192 g/mol. The van der Waals surface area contributed by atoms with Crippen molar-refractivity contribution in [2.24, 2.45) is 23.7 Å². The predicted octanol–water partition coefficient (Wildman–Crippen LogP) is 4.52. The summed E-state index contributed by atoms with van der Waals surface area (Å²) >= 11 is 0. The maximum absolute atomic E-state index is 2.40. The van der Waals surface area contributed by atoms with Crippen LogP contribution in [-0.2, 0) is 0 Å². The van der Waals surface area contributed by atoms with E-state index in [0.717, 1.165) is 0 Å². The van der Waals surface area contributed by atoms with Crippen LogP contribution in [0, 0.1) is 23.7 Å². The Kier molecular flexibility index (Phi) is 3.18. The van der Waals surface area contributed by atoms with Crippen molar-refractivity contribution in [2.75, 3.05) is 0 Å². The van der Waals surface area contributed by atoms with Crippen LogP contribution in [-0.4, -0.2) is 0 Å². The second-order valence-electron chi connectivity index (χ2n) is 5.49. The average Bonchev–Trinajstić information content (AvgIpc) is 2.85. The highest BCUT2D eigenvalue weighted by Gasteiger charge is 2.28. The minimum Gasteiger partial charge on any atom is -0.0768 e. The van der Waals surface area contributed by atoms with Gasteiger partial charge in [0.15, 0.2) is 0 Å². The number of rotatable bonds is 3. The van der Waals surface area contributed by atoms with Crippen LogP contribution in [0.2, 0.25) is 0 Å². The molecule has 0 bridgehead atoms. The molecule has 1 unspecified atom stereocenters. The summed E-state index contributed by atoms with van der Waals surface area (Å²) < 4.78 is 0. The van der Waals surface area contributed by atoms with Crippen LogP contribution < -0.4 is 0 Å². The van der Waals surface area contributed by atoms with Crippen molar-refractivity contribution in [3.63, 3.8) is 0 Å². The fraction of sp³-hybridized carbons (Fsp3) is 0.500. The molecule has 0 fully saturated rings. The second kappa shape index (κ2) is 4.45. The van der Waals surface area contributed by atoms with Crippen molar-refractivity contribution in [1.82, 2.24) is 0 Å². The first-order valence-corrected chi connectivity index (χ1v) is 6.38. The molecule has 0 saturated carbocycles. The Morgan fingerprint density at radius 3 is 2.06 bits per heavy atom. The van der Waals surface area contributed by atoms with Crippen LogP contribution in [0.3, 0.4) is 0 Å². The fourth-order valence-electron chi connectivity index (χ4n) is 2.76. The molecular formula is C16H22. The van der Waals surface area contributed by atoms with E-state index < -0.39 is 0 Å². The van der Waals surface area contributed by atoms with Crippen LogP contribution in [0.15, 0.2) is 47.6 Å². The summed E-state index contributed by atoms with van der Waals surface area (Å²) in [5.41, 5.74) is 3.19. The molecule has 0 saturated heterocycles. The first-order chi connectivity index (χ1) is 7.61. The van der Waals surface area contributed by atoms with Crippen LogP contribution in [0.1, 0.15) is 27.7 Å². The summed E-state index contributed by atoms with van der Waals surface area (Å²) in [5.74, 6) is 2.51. The number of hydrogen-bond acceptors (Lipinski definition) is 0. The van der Waals surface area contributed by atoms with Crippen LogP contribution >= 0.6 is 0 Å². The lowest BCUT2D eigenvalue weighted by Gasteiger charge is -2.23. The molecule has 0 aromatic heterocycles. The van der Waals surface area contributed by atoms with Gasteiger partial charge >= 0.3 is 0 Å². The van der Waals surface area contributed by atoms with E-state index in [2.05, 4.69) is 64.2 Å². The van der Waals surface area contributed by atoms with Gasteiger partial charge in [0.05, 0.1) is 0 Å². The van der Waals surface area contributed by atoms with Gasteiger partial charge in [0, 0.05) is 11.8 Å². The Bertz CT molecular complexity index is 363. The van der Waals surface area contributed by atoms with Crippen LogP contribution in [0.5, 0.6) is 0 Å². The zero-order valence-corrected chi connectivity index (χ0v) is 10.8. The molecule has 2 rings (SSSR count). The molecule has 2 aliphatic carbocycles. The Labute approximate surface area is 99.4 Å². The zero-order chi connectivity index (χ0) is 11.7. The summed E-state index contributed by atoms with van der Waals surface area (Å²) in [7, 11) is 0. The largest absolute Gasteiger partial charge is 0.0768 e. The van der Waals surface area contributed by atoms with Gasteiger partial charge < -0.3 is 0 Å². The van der Waals surface area contributed by atoms with E-state index in [1.165, 1.54) is 0 Å². The Morgan fingerprint density at radius 1 is 0.938 bits per heavy atom. The summed E-state index contributed by atoms with van der Waals surface area (Å²) in [6.07, 6.45) is 13.7. The predicted molar refractivity (Wildman–Crippen MR) is 71.1 cm³/mol. The smallest absolute Gasteiger partial charge is 0.0175 e. The van der Waals surface area contributed by atoms with Gasteiger partial charge in [0.25, 0.3) is 0 Å². The third-order valence-electron chi connectivity index (χ3n) is 3.62. The van der Waals surface area contributed by atoms with Crippen molar-refractivity contribution < 1.29 is 0 Å². The molecule has 0 N–H and O–H groups in total. The van der Waals surface area contributed by atoms with Crippen LogP contribution in [0.4, 0.5) is 0 Å². The van der Waals surface area contributed by atoms with Crippen LogP contribution in [0.25, 0.3) is 0 Å². The van der Waals surface area contributed by atoms with Gasteiger partial charge in [-0.05, 0) is 23.0 Å². The molecule has 0 heteroatoms. The van der Waals surface area contributed by atoms with Gasteiger partial charge in [-0.2, -0.15) is 0 Å². The Balaban J connectivity index is 2.37. The van der Waals surface area contributed by atoms with E-state index in [0.29, 0.717) is 23.7 Å². The second-order valence-corrected chi connectivity index (χ2v) is 5.49. The van der Waals surface area contributed by atoms with Gasteiger partial charge in [-0.1, -0.05) is 64.2 Å². The number of allylic oxidation sites excluding steroid dienone is 8. The van der Waals surface area contributed by atoms with Gasteiger partial charge in [-0.15, -0.1) is 0 Å². The van der Waals surface area contributed by atoms with E-state index in [-0.39, 0.29) is 0 Å². The minimum atomic E-state index is 0.541. The normalized spacial score (nSPS) is 24.8. The highest BCUT2D eigenvalue weighted by molar-refractivity contribution is 5.44. The van der Waals surface area contributed by atoms with Crippen molar-refractivity contribution in [3.8, 4) is 0 Å². The molecule has 86 valence electrons. The topological polar surface area (TPSA) is 0 Å². The summed E-state index contributed by atoms with van der Waals surface area (Å²) in [5, 5.41) is 0. The maximum atomic E-state index is 2.40. The molecule has 0 heterocycles. The lowest BCUT2D eigenvalue weighted by atomic mass is 9.81. The van der Waals surface area contributed by atoms with E-state index in [1.54, 1.807) is 11.1 Å². The van der Waals surface area contributed by atoms with Crippen molar-refractivity contribution >= 4 is 0 Å². The van der Waals surface area contributed by atoms with Gasteiger partial charge in [-0.25, -0.2) is 0 Å². The third-order valence-corrected chi connectivity index (χ3v) is 3.62. The molecule has 0 aromatic carbocycles. The molecule has 1 atom stereocenters. The van der Waals surface area contributed by atoms with Crippen molar-refractivity contribution in [3.05, 3.63) is 47.6 Å². The minimum absolute atomic E-state index is 0.541. The molecule has 0 radical (unpaired) electrons. The van der Waals surface area contributed by atoms with Gasteiger partial charge in [0.2, 0.25) is 0 Å². The molecule has 0 amide bonds. The number of hydrogen-bond donors (Lipinski definition) is 0. The average molecular weight is 214 g/mol. The summed E-state index contributed by atoms with van der Waals surface area (Å²) in [4.78, 5) is 0. The summed E-state index contributed by atoms with van der Waals surface area (Å²) in [6.45, 7) is 9.23. The molecule has 0 nitrogen and oxygen atoms in total. The van der Waals surface area contributed by atoms with Gasteiger partial charge in [-0.3, -0.25) is 0 Å². The Morgan fingerprint density at radius 2 is 1.56 bits per heavy atom. The van der Waals surface area contributed by atoms with Gasteiger partial charge in [0.1, 0.15) is 0 Å². The molecule has 16 heavy (non-hydrogen) atoms. The Hall–Kier alpha value is -1.04. The highest BCUT2D eigenvalue weighted by atomic mass is 14.3. The molecule has 2 aliphatic rings. The SMILES string of the molecule is CC(C)C1=C(C2C=CC=C2)C(C(C)C)C=C1. The monoisotopic (exact) mass is 214 g/mol. The first-order valence-electron chi connectivity index (χ1n) is 6.38. The molecule has 0 aromatic rings. The highest BCUT2D eigenvalue weighted by Crippen LogP contribution is 2.40. The molecule has 0 aliphatic heterocycles. The van der Waals surface area contributed by atoms with E-state index in [4.69, 9.17) is 0 Å². The quantitative estimate of drug-likeness (QED) is 0.648.